The molecule has 0 unspecified atom stereocenters. The first kappa shape index (κ1) is 19.0. The largest absolute Gasteiger partial charge is 0.497 e. The lowest BCUT2D eigenvalue weighted by molar-refractivity contribution is -0.115. The number of aryl methyl sites for hydroxylation is 1. The molecule has 142 valence electrons. The number of hydrogen-bond donors (Lipinski definition) is 1. The number of benzene rings is 1. The summed E-state index contributed by atoms with van der Waals surface area (Å²) in [6, 6.07) is 7.83. The highest BCUT2D eigenvalue weighted by atomic mass is 32.1. The second-order valence-electron chi connectivity index (χ2n) is 6.22. The standard InChI is InChI=1S/C18H22N6O2S/c1-5-14-17(12-6-8-13(26-4)9-7-12)20-18(27-14)19-16(25)10-15-21-23-24(22-15)11(2)3/h6-9,11H,5,10H2,1-4H3,(H,19,20,25). The Bertz CT molecular complexity index is 916. The van der Waals surface area contributed by atoms with Crippen LogP contribution in [0.15, 0.2) is 24.3 Å². The van der Waals surface area contributed by atoms with Crippen LogP contribution in [0.4, 0.5) is 5.13 Å². The van der Waals surface area contributed by atoms with E-state index in [1.807, 2.05) is 38.1 Å². The molecule has 0 atom stereocenters. The van der Waals surface area contributed by atoms with Gasteiger partial charge in [0.1, 0.15) is 5.75 Å². The molecule has 3 rings (SSSR count). The molecule has 1 amide bonds. The van der Waals surface area contributed by atoms with E-state index in [0.717, 1.165) is 28.3 Å². The van der Waals surface area contributed by atoms with Gasteiger partial charge in [-0.1, -0.05) is 6.92 Å². The number of nitrogens with one attached hydrogen (secondary N) is 1. The minimum absolute atomic E-state index is 0.0611. The number of nitrogens with zero attached hydrogens (tertiary/aromatic N) is 5. The molecule has 1 aromatic carbocycles. The van der Waals surface area contributed by atoms with Crippen LogP contribution in [0.3, 0.4) is 0 Å². The van der Waals surface area contributed by atoms with Crippen LogP contribution >= 0.6 is 11.3 Å². The summed E-state index contributed by atoms with van der Waals surface area (Å²) in [6.45, 7) is 5.97. The molecule has 0 fully saturated rings. The highest BCUT2D eigenvalue weighted by Gasteiger charge is 2.16. The molecule has 0 spiro atoms. The normalized spacial score (nSPS) is 11.0. The molecule has 0 aliphatic heterocycles. The van der Waals surface area contributed by atoms with Gasteiger partial charge in [-0.15, -0.1) is 21.5 Å². The van der Waals surface area contributed by atoms with Crippen molar-refractivity contribution in [2.24, 2.45) is 0 Å². The maximum atomic E-state index is 12.3. The van der Waals surface area contributed by atoms with Gasteiger partial charge in [-0.05, 0) is 49.7 Å². The Kier molecular flexibility index (Phi) is 5.80. The zero-order chi connectivity index (χ0) is 19.4. The number of ether oxygens (including phenoxy) is 1. The fourth-order valence-electron chi connectivity index (χ4n) is 2.47. The number of tetrazole rings is 1. The number of methoxy groups -OCH3 is 1. The van der Waals surface area contributed by atoms with Crippen LogP contribution in [-0.4, -0.2) is 38.2 Å². The zero-order valence-electron chi connectivity index (χ0n) is 15.8. The quantitative estimate of drug-likeness (QED) is 0.670. The van der Waals surface area contributed by atoms with E-state index in [0.29, 0.717) is 11.0 Å². The van der Waals surface area contributed by atoms with E-state index in [-0.39, 0.29) is 18.4 Å². The number of aromatic nitrogens is 5. The van der Waals surface area contributed by atoms with E-state index >= 15 is 0 Å². The third kappa shape index (κ3) is 4.48. The van der Waals surface area contributed by atoms with Gasteiger partial charge >= 0.3 is 0 Å². The second-order valence-corrected chi connectivity index (χ2v) is 7.30. The van der Waals surface area contributed by atoms with Crippen LogP contribution < -0.4 is 10.1 Å². The van der Waals surface area contributed by atoms with Crippen LogP contribution in [0.5, 0.6) is 5.75 Å². The number of amides is 1. The monoisotopic (exact) mass is 386 g/mol. The average Bonchev–Trinajstić information content (AvgIpc) is 3.28. The summed E-state index contributed by atoms with van der Waals surface area (Å²) in [5.74, 6) is 0.974. The topological polar surface area (TPSA) is 94.8 Å². The SMILES string of the molecule is CCc1sc(NC(=O)Cc2nnn(C(C)C)n2)nc1-c1ccc(OC)cc1. The van der Waals surface area contributed by atoms with Crippen molar-refractivity contribution in [2.75, 3.05) is 12.4 Å². The first-order chi connectivity index (χ1) is 13.0. The summed E-state index contributed by atoms with van der Waals surface area (Å²) in [6.07, 6.45) is 0.894. The van der Waals surface area contributed by atoms with Gasteiger partial charge < -0.3 is 10.1 Å². The Labute approximate surface area is 161 Å². The number of carbonyl (C=O) groups is 1. The van der Waals surface area contributed by atoms with Gasteiger partial charge in [0, 0.05) is 10.4 Å². The fourth-order valence-corrected chi connectivity index (χ4v) is 3.41. The number of rotatable bonds is 7. The maximum Gasteiger partial charge on any atom is 0.233 e. The Morgan fingerprint density at radius 3 is 2.63 bits per heavy atom. The van der Waals surface area contributed by atoms with E-state index in [2.05, 4.69) is 32.6 Å². The van der Waals surface area contributed by atoms with Crippen molar-refractivity contribution in [2.45, 2.75) is 39.7 Å². The van der Waals surface area contributed by atoms with E-state index in [1.165, 1.54) is 16.1 Å². The lowest BCUT2D eigenvalue weighted by Crippen LogP contribution is -2.15. The third-order valence-corrected chi connectivity index (χ3v) is 4.99. The molecule has 3 aromatic rings. The summed E-state index contributed by atoms with van der Waals surface area (Å²) in [4.78, 5) is 19.5. The molecule has 1 N–H and O–H groups in total. The number of anilines is 1. The van der Waals surface area contributed by atoms with Crippen molar-refractivity contribution >= 4 is 22.4 Å². The van der Waals surface area contributed by atoms with Gasteiger partial charge in [0.05, 0.1) is 25.3 Å². The molecular formula is C18H22N6O2S. The number of hydrogen-bond acceptors (Lipinski definition) is 7. The van der Waals surface area contributed by atoms with Crippen molar-refractivity contribution in [3.05, 3.63) is 35.0 Å². The number of carbonyl (C=O) groups excluding carboxylic acids is 1. The lowest BCUT2D eigenvalue weighted by Gasteiger charge is -2.02. The second kappa shape index (κ2) is 8.26. The van der Waals surface area contributed by atoms with E-state index in [4.69, 9.17) is 4.74 Å². The van der Waals surface area contributed by atoms with Gasteiger partial charge in [0.15, 0.2) is 11.0 Å². The zero-order valence-corrected chi connectivity index (χ0v) is 16.6. The summed E-state index contributed by atoms with van der Waals surface area (Å²) < 4.78 is 5.20. The van der Waals surface area contributed by atoms with Crippen LogP contribution in [-0.2, 0) is 17.6 Å². The highest BCUT2D eigenvalue weighted by Crippen LogP contribution is 2.32. The van der Waals surface area contributed by atoms with E-state index < -0.39 is 0 Å². The minimum Gasteiger partial charge on any atom is -0.497 e. The van der Waals surface area contributed by atoms with Gasteiger partial charge in [0.2, 0.25) is 5.91 Å². The molecular weight excluding hydrogens is 364 g/mol. The molecule has 0 saturated heterocycles. The summed E-state index contributed by atoms with van der Waals surface area (Å²) in [5, 5.41) is 15.5. The maximum absolute atomic E-state index is 12.3. The number of thiazole rings is 1. The van der Waals surface area contributed by atoms with Crippen molar-refractivity contribution in [3.63, 3.8) is 0 Å². The Morgan fingerprint density at radius 2 is 2.04 bits per heavy atom. The molecule has 2 aromatic heterocycles. The molecule has 8 nitrogen and oxygen atoms in total. The molecule has 27 heavy (non-hydrogen) atoms. The van der Waals surface area contributed by atoms with Gasteiger partial charge in [0.25, 0.3) is 0 Å². The Morgan fingerprint density at radius 1 is 1.30 bits per heavy atom. The average molecular weight is 386 g/mol. The Hall–Kier alpha value is -2.81. The summed E-state index contributed by atoms with van der Waals surface area (Å²) in [7, 11) is 1.64. The van der Waals surface area contributed by atoms with Crippen molar-refractivity contribution in [1.82, 2.24) is 25.2 Å². The summed E-state index contributed by atoms with van der Waals surface area (Å²) >= 11 is 1.48. The van der Waals surface area contributed by atoms with Crippen molar-refractivity contribution in [3.8, 4) is 17.0 Å². The molecule has 0 aliphatic rings. The van der Waals surface area contributed by atoms with Crippen LogP contribution in [0.1, 0.15) is 37.5 Å². The minimum atomic E-state index is -0.212. The third-order valence-electron chi connectivity index (χ3n) is 3.88. The van der Waals surface area contributed by atoms with Gasteiger partial charge in [-0.3, -0.25) is 4.79 Å². The molecule has 2 heterocycles. The van der Waals surface area contributed by atoms with Gasteiger partial charge in [-0.25, -0.2) is 4.98 Å². The molecule has 0 saturated carbocycles. The van der Waals surface area contributed by atoms with E-state index in [9.17, 15) is 4.79 Å². The predicted molar refractivity (Wildman–Crippen MR) is 104 cm³/mol. The molecule has 0 radical (unpaired) electrons. The first-order valence-corrected chi connectivity index (χ1v) is 9.54. The predicted octanol–water partition coefficient (Wildman–Crippen LogP) is 3.13. The highest BCUT2D eigenvalue weighted by molar-refractivity contribution is 7.16. The first-order valence-electron chi connectivity index (χ1n) is 8.72. The molecule has 0 aliphatic carbocycles. The smallest absolute Gasteiger partial charge is 0.233 e. The Balaban J connectivity index is 1.72. The van der Waals surface area contributed by atoms with Crippen LogP contribution in [0.25, 0.3) is 11.3 Å². The van der Waals surface area contributed by atoms with E-state index in [1.54, 1.807) is 7.11 Å². The summed E-state index contributed by atoms with van der Waals surface area (Å²) in [5.41, 5.74) is 1.87. The van der Waals surface area contributed by atoms with Gasteiger partial charge in [-0.2, -0.15) is 4.80 Å². The molecule has 0 bridgehead atoms. The fraction of sp³-hybridized carbons (Fsp3) is 0.389. The van der Waals surface area contributed by atoms with Crippen molar-refractivity contribution < 1.29 is 9.53 Å². The molecule has 9 heteroatoms. The van der Waals surface area contributed by atoms with Crippen molar-refractivity contribution in [1.29, 1.82) is 0 Å². The van der Waals surface area contributed by atoms with Crippen LogP contribution in [0.2, 0.25) is 0 Å². The van der Waals surface area contributed by atoms with Crippen LogP contribution in [0, 0.1) is 0 Å². The lowest BCUT2D eigenvalue weighted by atomic mass is 10.1.